The molecule has 1 amide bonds. The summed E-state index contributed by atoms with van der Waals surface area (Å²) < 4.78 is 10.7. The van der Waals surface area contributed by atoms with Crippen LogP contribution in [0.4, 0.5) is 0 Å². The highest BCUT2D eigenvalue weighted by Gasteiger charge is 2.21. The molecule has 2 aromatic rings. The van der Waals surface area contributed by atoms with Crippen LogP contribution >= 0.6 is 12.4 Å². The number of methoxy groups -OCH3 is 2. The van der Waals surface area contributed by atoms with Gasteiger partial charge in [-0.3, -0.25) is 4.79 Å². The number of amides is 1. The fourth-order valence-electron chi connectivity index (χ4n) is 2.61. The summed E-state index contributed by atoms with van der Waals surface area (Å²) in [4.78, 5) is 14.7. The highest BCUT2D eigenvalue weighted by molar-refractivity contribution is 5.97. The lowest BCUT2D eigenvalue weighted by molar-refractivity contribution is 0.0758. The van der Waals surface area contributed by atoms with E-state index in [-0.39, 0.29) is 18.3 Å². The normalized spacial score (nSPS) is 9.88. The molecule has 136 valence electrons. The second-order valence-corrected chi connectivity index (χ2v) is 5.36. The number of hydrogen-bond donors (Lipinski definition) is 1. The van der Waals surface area contributed by atoms with Crippen LogP contribution in [0, 0.1) is 0 Å². The second kappa shape index (κ2) is 10.6. The van der Waals surface area contributed by atoms with Gasteiger partial charge in [-0.05, 0) is 24.1 Å². The van der Waals surface area contributed by atoms with Crippen LogP contribution < -0.4 is 15.2 Å². The molecule has 0 aliphatic carbocycles. The molecule has 25 heavy (non-hydrogen) atoms. The third-order valence-electron chi connectivity index (χ3n) is 3.83. The van der Waals surface area contributed by atoms with Gasteiger partial charge in [-0.25, -0.2) is 0 Å². The summed E-state index contributed by atoms with van der Waals surface area (Å²) in [5.74, 6) is 0.887. The van der Waals surface area contributed by atoms with Gasteiger partial charge in [0.15, 0.2) is 11.5 Å². The summed E-state index contributed by atoms with van der Waals surface area (Å²) in [5, 5.41) is 0. The first-order valence-electron chi connectivity index (χ1n) is 7.95. The number of benzene rings is 2. The summed E-state index contributed by atoms with van der Waals surface area (Å²) in [6.07, 6.45) is 0.777. The van der Waals surface area contributed by atoms with Crippen LogP contribution in [0.25, 0.3) is 0 Å². The van der Waals surface area contributed by atoms with Crippen molar-refractivity contribution in [2.45, 2.75) is 6.42 Å². The Bertz CT molecular complexity index is 665. The molecule has 2 rings (SSSR count). The van der Waals surface area contributed by atoms with Crippen molar-refractivity contribution in [3.05, 3.63) is 59.7 Å². The van der Waals surface area contributed by atoms with Crippen molar-refractivity contribution in [1.82, 2.24) is 4.90 Å². The number of carbonyl (C=O) groups excluding carboxylic acids is 1. The maximum absolute atomic E-state index is 12.9. The van der Waals surface area contributed by atoms with E-state index in [2.05, 4.69) is 12.1 Å². The van der Waals surface area contributed by atoms with Crippen LogP contribution in [-0.4, -0.2) is 44.7 Å². The number of nitrogens with two attached hydrogens (primary N) is 1. The van der Waals surface area contributed by atoms with Crippen molar-refractivity contribution in [3.8, 4) is 11.5 Å². The van der Waals surface area contributed by atoms with Crippen LogP contribution in [0.3, 0.4) is 0 Å². The van der Waals surface area contributed by atoms with Gasteiger partial charge in [0.25, 0.3) is 5.91 Å². The third kappa shape index (κ3) is 5.37. The van der Waals surface area contributed by atoms with E-state index < -0.39 is 0 Å². The predicted molar refractivity (Wildman–Crippen MR) is 102 cm³/mol. The predicted octanol–water partition coefficient (Wildman–Crippen LogP) is 2.77. The molecule has 0 saturated carbocycles. The van der Waals surface area contributed by atoms with E-state index in [1.54, 1.807) is 30.2 Å². The molecule has 2 N–H and O–H groups in total. The molecule has 0 unspecified atom stereocenters. The molecule has 0 spiro atoms. The smallest absolute Gasteiger partial charge is 0.257 e. The van der Waals surface area contributed by atoms with Crippen molar-refractivity contribution in [2.24, 2.45) is 5.73 Å². The Labute approximate surface area is 155 Å². The highest BCUT2D eigenvalue weighted by Crippen LogP contribution is 2.31. The van der Waals surface area contributed by atoms with Crippen molar-refractivity contribution >= 4 is 18.3 Å². The van der Waals surface area contributed by atoms with E-state index in [0.717, 1.165) is 6.42 Å². The lowest BCUT2D eigenvalue weighted by Crippen LogP contribution is -2.37. The van der Waals surface area contributed by atoms with E-state index >= 15 is 0 Å². The standard InChI is InChI=1S/C19H24N2O3.ClH/c1-23-17-10-6-9-16(18(17)24-2)19(22)21(14-12-20)13-11-15-7-4-3-5-8-15;/h3-10H,11-14,20H2,1-2H3;1H. The topological polar surface area (TPSA) is 64.8 Å². The maximum atomic E-state index is 12.9. The summed E-state index contributed by atoms with van der Waals surface area (Å²) in [7, 11) is 3.09. The van der Waals surface area contributed by atoms with Crippen LogP contribution in [0.5, 0.6) is 11.5 Å². The first-order chi connectivity index (χ1) is 11.7. The Kier molecular flexibility index (Phi) is 8.81. The number of hydrogen-bond acceptors (Lipinski definition) is 4. The number of rotatable bonds is 8. The van der Waals surface area contributed by atoms with E-state index in [0.29, 0.717) is 36.7 Å². The van der Waals surface area contributed by atoms with Gasteiger partial charge in [-0.1, -0.05) is 36.4 Å². The Morgan fingerprint density at radius 1 is 1.00 bits per heavy atom. The van der Waals surface area contributed by atoms with Gasteiger partial charge in [-0.15, -0.1) is 12.4 Å². The molecule has 0 bridgehead atoms. The number of halogens is 1. The van der Waals surface area contributed by atoms with E-state index in [1.165, 1.54) is 12.7 Å². The zero-order valence-corrected chi connectivity index (χ0v) is 15.4. The van der Waals surface area contributed by atoms with Crippen LogP contribution in [0.2, 0.25) is 0 Å². The fraction of sp³-hybridized carbons (Fsp3) is 0.316. The number of para-hydroxylation sites is 1. The van der Waals surface area contributed by atoms with Gasteiger partial charge < -0.3 is 20.1 Å². The van der Waals surface area contributed by atoms with E-state index in [4.69, 9.17) is 15.2 Å². The van der Waals surface area contributed by atoms with Crippen LogP contribution in [-0.2, 0) is 6.42 Å². The van der Waals surface area contributed by atoms with Gasteiger partial charge in [0, 0.05) is 19.6 Å². The largest absolute Gasteiger partial charge is 0.493 e. The molecule has 6 heteroatoms. The maximum Gasteiger partial charge on any atom is 0.257 e. The highest BCUT2D eigenvalue weighted by atomic mass is 35.5. The molecule has 5 nitrogen and oxygen atoms in total. The van der Waals surface area contributed by atoms with Crippen molar-refractivity contribution in [2.75, 3.05) is 33.9 Å². The van der Waals surface area contributed by atoms with Crippen molar-refractivity contribution < 1.29 is 14.3 Å². The molecule has 0 aliphatic rings. The molecule has 2 aromatic carbocycles. The Hall–Kier alpha value is -2.24. The summed E-state index contributed by atoms with van der Waals surface area (Å²) in [5.41, 5.74) is 7.36. The average molecular weight is 365 g/mol. The van der Waals surface area contributed by atoms with Crippen LogP contribution in [0.15, 0.2) is 48.5 Å². The van der Waals surface area contributed by atoms with Gasteiger partial charge in [-0.2, -0.15) is 0 Å². The van der Waals surface area contributed by atoms with E-state index in [9.17, 15) is 4.79 Å². The first-order valence-corrected chi connectivity index (χ1v) is 7.95. The third-order valence-corrected chi connectivity index (χ3v) is 3.83. The summed E-state index contributed by atoms with van der Waals surface area (Å²) >= 11 is 0. The van der Waals surface area contributed by atoms with Gasteiger partial charge in [0.2, 0.25) is 0 Å². The Balaban J connectivity index is 0.00000312. The molecule has 0 heterocycles. The van der Waals surface area contributed by atoms with Gasteiger partial charge >= 0.3 is 0 Å². The average Bonchev–Trinajstić information content (AvgIpc) is 2.64. The summed E-state index contributed by atoms with van der Waals surface area (Å²) in [6, 6.07) is 15.4. The minimum Gasteiger partial charge on any atom is -0.493 e. The molecular formula is C19H25ClN2O3. The Morgan fingerprint density at radius 2 is 1.72 bits per heavy atom. The number of carbonyl (C=O) groups is 1. The molecule has 0 fully saturated rings. The lowest BCUT2D eigenvalue weighted by Gasteiger charge is -2.23. The number of ether oxygens (including phenoxy) is 2. The Morgan fingerprint density at radius 3 is 2.32 bits per heavy atom. The quantitative estimate of drug-likeness (QED) is 0.782. The lowest BCUT2D eigenvalue weighted by atomic mass is 10.1. The monoisotopic (exact) mass is 364 g/mol. The first kappa shape index (κ1) is 20.8. The van der Waals surface area contributed by atoms with Gasteiger partial charge in [0.1, 0.15) is 0 Å². The second-order valence-electron chi connectivity index (χ2n) is 5.36. The SMILES string of the molecule is COc1cccc(C(=O)N(CCN)CCc2ccccc2)c1OC.Cl. The van der Waals surface area contributed by atoms with Crippen molar-refractivity contribution in [1.29, 1.82) is 0 Å². The molecule has 0 radical (unpaired) electrons. The molecule has 0 saturated heterocycles. The summed E-state index contributed by atoms with van der Waals surface area (Å²) in [6.45, 7) is 1.50. The molecular weight excluding hydrogens is 340 g/mol. The minimum atomic E-state index is -0.105. The zero-order chi connectivity index (χ0) is 17.4. The van der Waals surface area contributed by atoms with Crippen LogP contribution in [0.1, 0.15) is 15.9 Å². The molecule has 0 aromatic heterocycles. The zero-order valence-electron chi connectivity index (χ0n) is 14.6. The fourth-order valence-corrected chi connectivity index (χ4v) is 2.61. The number of nitrogens with zero attached hydrogens (tertiary/aromatic N) is 1. The van der Waals surface area contributed by atoms with Crippen molar-refractivity contribution in [3.63, 3.8) is 0 Å². The van der Waals surface area contributed by atoms with Gasteiger partial charge in [0.05, 0.1) is 19.8 Å². The minimum absolute atomic E-state index is 0. The molecule has 0 aliphatic heterocycles. The van der Waals surface area contributed by atoms with E-state index in [1.807, 2.05) is 18.2 Å². The molecule has 0 atom stereocenters.